The van der Waals surface area contributed by atoms with E-state index in [-0.39, 0.29) is 18.8 Å². The Hall–Kier alpha value is -2.42. The highest BCUT2D eigenvalue weighted by Crippen LogP contribution is 1.94. The number of nitrogens with zero attached hydrogens (tertiary/aromatic N) is 1. The fourth-order valence-corrected chi connectivity index (χ4v) is 1.37. The third-order valence-corrected chi connectivity index (χ3v) is 2.27. The molecule has 0 radical (unpaired) electrons. The number of hydrogen-bond acceptors (Lipinski definition) is 5. The number of H-pyrrole nitrogens is 2. The lowest BCUT2D eigenvalue weighted by Crippen LogP contribution is -2.37. The van der Waals surface area contributed by atoms with Crippen molar-refractivity contribution in [2.45, 2.75) is 6.92 Å². The van der Waals surface area contributed by atoms with Gasteiger partial charge in [-0.25, -0.2) is 4.79 Å². The lowest BCUT2D eigenvalue weighted by Gasteiger charge is -2.16. The van der Waals surface area contributed by atoms with Gasteiger partial charge in [0.15, 0.2) is 0 Å². The Morgan fingerprint density at radius 2 is 2.05 bits per heavy atom. The minimum atomic E-state index is -1.04. The molecule has 0 saturated carbocycles. The molecule has 0 fully saturated rings. The van der Waals surface area contributed by atoms with Gasteiger partial charge in [-0.3, -0.25) is 24.3 Å². The molecule has 0 spiro atoms. The van der Waals surface area contributed by atoms with Gasteiger partial charge in [0.25, 0.3) is 5.56 Å². The molecule has 0 aliphatic heterocycles. The Morgan fingerprint density at radius 1 is 1.37 bits per heavy atom. The number of anilines is 1. The second-order valence-electron chi connectivity index (χ2n) is 3.73. The Labute approximate surface area is 107 Å². The van der Waals surface area contributed by atoms with Crippen molar-refractivity contribution in [1.29, 1.82) is 0 Å². The number of carboxylic acid groups (broad SMARTS) is 1. The number of amides is 1. The van der Waals surface area contributed by atoms with Crippen molar-refractivity contribution in [3.8, 4) is 0 Å². The first-order chi connectivity index (χ1) is 8.92. The standard InChI is InChI=1S/C10H14N4O5/c1-2-14(5-8(16)17)4-7(15)12-6-3-11-10(19)13-9(6)18/h3H,2,4-5H2,1H3,(H,12,15)(H,16,17)(H2,11,13,18,19). The highest BCUT2D eigenvalue weighted by atomic mass is 16.4. The first-order valence-electron chi connectivity index (χ1n) is 5.48. The first kappa shape index (κ1) is 14.6. The van der Waals surface area contributed by atoms with E-state index in [0.29, 0.717) is 6.54 Å². The fraction of sp³-hybridized carbons (Fsp3) is 0.400. The summed E-state index contributed by atoms with van der Waals surface area (Å²) in [5.74, 6) is -1.59. The molecule has 1 aromatic heterocycles. The van der Waals surface area contributed by atoms with Gasteiger partial charge in [0.05, 0.1) is 13.1 Å². The maximum atomic E-state index is 11.6. The van der Waals surface area contributed by atoms with Crippen molar-refractivity contribution in [3.05, 3.63) is 27.0 Å². The highest BCUT2D eigenvalue weighted by Gasteiger charge is 2.13. The van der Waals surface area contributed by atoms with Crippen molar-refractivity contribution in [3.63, 3.8) is 0 Å². The summed E-state index contributed by atoms with van der Waals surface area (Å²) >= 11 is 0. The number of carbonyl (C=O) groups excluding carboxylic acids is 1. The Balaban J connectivity index is 2.66. The van der Waals surface area contributed by atoms with Crippen LogP contribution in [0.4, 0.5) is 5.69 Å². The predicted octanol–water partition coefficient (Wildman–Crippen LogP) is -1.59. The number of carboxylic acids is 1. The number of aliphatic carboxylic acids is 1. The van der Waals surface area contributed by atoms with Crippen LogP contribution < -0.4 is 16.6 Å². The second kappa shape index (κ2) is 6.50. The zero-order valence-electron chi connectivity index (χ0n) is 10.2. The summed E-state index contributed by atoms with van der Waals surface area (Å²) < 4.78 is 0. The topological polar surface area (TPSA) is 135 Å². The minimum absolute atomic E-state index is 0.101. The van der Waals surface area contributed by atoms with Crippen LogP contribution in [0.1, 0.15) is 6.92 Å². The van der Waals surface area contributed by atoms with Crippen LogP contribution in [0.25, 0.3) is 0 Å². The molecule has 0 unspecified atom stereocenters. The monoisotopic (exact) mass is 270 g/mol. The molecule has 19 heavy (non-hydrogen) atoms. The smallest absolute Gasteiger partial charge is 0.325 e. The Bertz CT molecular complexity index is 576. The van der Waals surface area contributed by atoms with E-state index < -0.39 is 23.1 Å². The number of aromatic amines is 2. The molecular formula is C10H14N4O5. The van der Waals surface area contributed by atoms with E-state index in [1.54, 1.807) is 6.92 Å². The lowest BCUT2D eigenvalue weighted by molar-refractivity contribution is -0.138. The van der Waals surface area contributed by atoms with Crippen molar-refractivity contribution < 1.29 is 14.7 Å². The van der Waals surface area contributed by atoms with E-state index in [4.69, 9.17) is 5.11 Å². The SMILES string of the molecule is CCN(CC(=O)O)CC(=O)Nc1c[nH]c(=O)[nH]c1=O. The summed E-state index contributed by atoms with van der Waals surface area (Å²) in [6.07, 6.45) is 1.08. The normalized spacial score (nSPS) is 10.4. The average molecular weight is 270 g/mol. The molecule has 0 aliphatic rings. The quantitative estimate of drug-likeness (QED) is 0.492. The van der Waals surface area contributed by atoms with E-state index in [0.717, 1.165) is 6.20 Å². The van der Waals surface area contributed by atoms with Crippen molar-refractivity contribution in [2.75, 3.05) is 25.0 Å². The molecule has 0 bridgehead atoms. The molecule has 1 heterocycles. The van der Waals surface area contributed by atoms with E-state index in [1.165, 1.54) is 4.90 Å². The van der Waals surface area contributed by atoms with Gasteiger partial charge in [0, 0.05) is 6.20 Å². The van der Waals surface area contributed by atoms with E-state index in [2.05, 4.69) is 10.3 Å². The summed E-state index contributed by atoms with van der Waals surface area (Å²) in [6.45, 7) is 1.65. The molecule has 4 N–H and O–H groups in total. The molecule has 0 saturated heterocycles. The van der Waals surface area contributed by atoms with Gasteiger partial charge in [0.1, 0.15) is 5.69 Å². The van der Waals surface area contributed by atoms with E-state index in [1.807, 2.05) is 4.98 Å². The molecule has 1 aromatic rings. The first-order valence-corrected chi connectivity index (χ1v) is 5.48. The average Bonchev–Trinajstić information content (AvgIpc) is 2.31. The molecule has 9 heteroatoms. The molecule has 0 atom stereocenters. The van der Waals surface area contributed by atoms with Crippen LogP contribution >= 0.6 is 0 Å². The summed E-state index contributed by atoms with van der Waals surface area (Å²) in [5, 5.41) is 10.9. The molecule has 0 aliphatic carbocycles. The molecule has 9 nitrogen and oxygen atoms in total. The van der Waals surface area contributed by atoms with Gasteiger partial charge in [-0.05, 0) is 6.54 Å². The van der Waals surface area contributed by atoms with Gasteiger partial charge in [-0.2, -0.15) is 0 Å². The lowest BCUT2D eigenvalue weighted by atomic mass is 10.4. The molecular weight excluding hydrogens is 256 g/mol. The zero-order valence-corrected chi connectivity index (χ0v) is 10.2. The number of nitrogens with one attached hydrogen (secondary N) is 3. The van der Waals surface area contributed by atoms with Gasteiger partial charge >= 0.3 is 11.7 Å². The summed E-state index contributed by atoms with van der Waals surface area (Å²) in [6, 6.07) is 0. The summed E-state index contributed by atoms with van der Waals surface area (Å²) in [7, 11) is 0. The predicted molar refractivity (Wildman–Crippen MR) is 66.1 cm³/mol. The summed E-state index contributed by atoms with van der Waals surface area (Å²) in [5.41, 5.74) is -1.50. The van der Waals surface area contributed by atoms with Crippen molar-refractivity contribution in [1.82, 2.24) is 14.9 Å². The second-order valence-corrected chi connectivity index (χ2v) is 3.73. The van der Waals surface area contributed by atoms with Crippen LogP contribution in [-0.4, -0.2) is 51.5 Å². The molecule has 1 rings (SSSR count). The van der Waals surface area contributed by atoms with Gasteiger partial charge < -0.3 is 15.4 Å². The molecule has 1 amide bonds. The highest BCUT2D eigenvalue weighted by molar-refractivity contribution is 5.92. The minimum Gasteiger partial charge on any atom is -0.480 e. The van der Waals surface area contributed by atoms with Crippen LogP contribution in [0.5, 0.6) is 0 Å². The number of carbonyl (C=O) groups is 2. The van der Waals surface area contributed by atoms with Crippen LogP contribution in [-0.2, 0) is 9.59 Å². The van der Waals surface area contributed by atoms with Crippen molar-refractivity contribution in [2.24, 2.45) is 0 Å². The van der Waals surface area contributed by atoms with Crippen LogP contribution in [0.2, 0.25) is 0 Å². The van der Waals surface area contributed by atoms with Crippen LogP contribution in [0.3, 0.4) is 0 Å². The number of hydrogen-bond donors (Lipinski definition) is 4. The van der Waals surface area contributed by atoms with Crippen LogP contribution in [0, 0.1) is 0 Å². The summed E-state index contributed by atoms with van der Waals surface area (Å²) in [4.78, 5) is 49.8. The van der Waals surface area contributed by atoms with Crippen LogP contribution in [0.15, 0.2) is 15.8 Å². The third-order valence-electron chi connectivity index (χ3n) is 2.27. The maximum absolute atomic E-state index is 11.6. The Morgan fingerprint density at radius 3 is 2.58 bits per heavy atom. The van der Waals surface area contributed by atoms with E-state index >= 15 is 0 Å². The largest absolute Gasteiger partial charge is 0.480 e. The Kier molecular flexibility index (Phi) is 5.01. The molecule has 104 valence electrons. The van der Waals surface area contributed by atoms with Crippen molar-refractivity contribution >= 4 is 17.6 Å². The number of likely N-dealkylation sites (N-methyl/N-ethyl adjacent to an activating group) is 1. The van der Waals surface area contributed by atoms with E-state index in [9.17, 15) is 19.2 Å². The number of aromatic nitrogens is 2. The third kappa shape index (κ3) is 4.76. The van der Waals surface area contributed by atoms with Gasteiger partial charge in [0.2, 0.25) is 5.91 Å². The van der Waals surface area contributed by atoms with Gasteiger partial charge in [-0.15, -0.1) is 0 Å². The fourth-order valence-electron chi connectivity index (χ4n) is 1.37. The number of rotatable bonds is 6. The zero-order chi connectivity index (χ0) is 14.4. The molecule has 0 aromatic carbocycles. The maximum Gasteiger partial charge on any atom is 0.325 e. The van der Waals surface area contributed by atoms with Gasteiger partial charge in [-0.1, -0.05) is 6.92 Å².